The van der Waals surface area contributed by atoms with Crippen LogP contribution in [0.3, 0.4) is 0 Å². The third kappa shape index (κ3) is 6.61. The van der Waals surface area contributed by atoms with Crippen LogP contribution in [0.4, 0.5) is 0 Å². The lowest BCUT2D eigenvalue weighted by molar-refractivity contribution is 0.179. The Balaban J connectivity index is 0.00000137. The van der Waals surface area contributed by atoms with Crippen LogP contribution in [0.1, 0.15) is 40.0 Å². The van der Waals surface area contributed by atoms with Gasteiger partial charge in [0.05, 0.1) is 11.6 Å². The van der Waals surface area contributed by atoms with Gasteiger partial charge in [0.1, 0.15) is 5.84 Å². The second-order valence-electron chi connectivity index (χ2n) is 5.52. The average Bonchev–Trinajstić information content (AvgIpc) is 2.65. The van der Waals surface area contributed by atoms with Gasteiger partial charge >= 0.3 is 0 Å². The molecule has 1 aliphatic carbocycles. The van der Waals surface area contributed by atoms with Gasteiger partial charge in [0.15, 0.2) is 0 Å². The molecule has 0 heterocycles. The molecule has 5 nitrogen and oxygen atoms in total. The minimum absolute atomic E-state index is 0.184. The van der Waals surface area contributed by atoms with Crippen molar-refractivity contribution in [3.8, 4) is 0 Å². The predicted molar refractivity (Wildman–Crippen MR) is 75.1 cm³/mol. The van der Waals surface area contributed by atoms with E-state index in [-0.39, 0.29) is 17.6 Å². The molecule has 18 heavy (non-hydrogen) atoms. The third-order valence-electron chi connectivity index (χ3n) is 2.66. The lowest BCUT2D eigenvalue weighted by Gasteiger charge is -2.14. The molecule has 5 heteroatoms. The van der Waals surface area contributed by atoms with Crippen molar-refractivity contribution in [3.63, 3.8) is 0 Å². The van der Waals surface area contributed by atoms with Crippen molar-refractivity contribution in [1.82, 2.24) is 0 Å². The highest BCUT2D eigenvalue weighted by Gasteiger charge is 2.24. The van der Waals surface area contributed by atoms with Crippen LogP contribution in [0, 0.1) is 5.92 Å². The normalized spacial score (nSPS) is 25.7. The summed E-state index contributed by atoms with van der Waals surface area (Å²) in [5, 5.41) is 16.4. The molecule has 6 N–H and O–H groups in total. The predicted octanol–water partition coefficient (Wildman–Crippen LogP) is 0.754. The largest absolute Gasteiger partial charge is 0.402 e. The summed E-state index contributed by atoms with van der Waals surface area (Å²) in [7, 11) is 1.00. The first-order chi connectivity index (χ1) is 8.28. The Morgan fingerprint density at radius 3 is 2.17 bits per heavy atom. The van der Waals surface area contributed by atoms with Crippen molar-refractivity contribution in [2.24, 2.45) is 22.4 Å². The van der Waals surface area contributed by atoms with Crippen molar-refractivity contribution >= 4 is 5.84 Å². The number of hydrogen-bond donors (Lipinski definition) is 4. The fourth-order valence-corrected chi connectivity index (χ4v) is 1.97. The molecule has 0 spiro atoms. The van der Waals surface area contributed by atoms with Crippen LogP contribution in [0.2, 0.25) is 0 Å². The topological polar surface area (TPSA) is 105 Å². The summed E-state index contributed by atoms with van der Waals surface area (Å²) in [6, 6.07) is 0. The highest BCUT2D eigenvalue weighted by atomic mass is 16.3. The van der Waals surface area contributed by atoms with Gasteiger partial charge in [-0.3, -0.25) is 4.99 Å². The van der Waals surface area contributed by atoms with Crippen LogP contribution in [0.5, 0.6) is 0 Å². The van der Waals surface area contributed by atoms with Crippen LogP contribution in [-0.4, -0.2) is 34.8 Å². The molecule has 0 radical (unpaired) electrons. The zero-order chi connectivity index (χ0) is 14.3. The Morgan fingerprint density at radius 2 is 1.78 bits per heavy atom. The maximum absolute atomic E-state index is 9.42. The van der Waals surface area contributed by atoms with E-state index in [1.165, 1.54) is 0 Å². The molecular weight excluding hydrogens is 230 g/mol. The molecule has 0 amide bonds. The van der Waals surface area contributed by atoms with Crippen molar-refractivity contribution in [1.29, 1.82) is 0 Å². The van der Waals surface area contributed by atoms with Gasteiger partial charge < -0.3 is 21.7 Å². The maximum Gasteiger partial charge on any atom is 0.120 e. The monoisotopic (exact) mass is 257 g/mol. The van der Waals surface area contributed by atoms with Gasteiger partial charge in [-0.1, -0.05) is 0 Å². The second kappa shape index (κ2) is 7.38. The molecule has 0 aromatic heterocycles. The number of amidine groups is 1. The lowest BCUT2D eigenvalue weighted by atomic mass is 10.0. The molecule has 2 atom stereocenters. The molecule has 0 aliphatic heterocycles. The van der Waals surface area contributed by atoms with Crippen LogP contribution in [-0.2, 0) is 0 Å². The molecule has 0 aromatic rings. The molecule has 1 rings (SSSR count). The fraction of sp³-hybridized carbons (Fsp3) is 0.769. The van der Waals surface area contributed by atoms with Gasteiger partial charge in [0.2, 0.25) is 0 Å². The lowest BCUT2D eigenvalue weighted by Crippen LogP contribution is -2.21. The molecule has 1 fully saturated rings. The molecule has 2 unspecified atom stereocenters. The second-order valence-corrected chi connectivity index (χ2v) is 5.52. The van der Waals surface area contributed by atoms with Crippen molar-refractivity contribution < 1.29 is 10.2 Å². The van der Waals surface area contributed by atoms with Crippen molar-refractivity contribution in [3.05, 3.63) is 11.8 Å². The van der Waals surface area contributed by atoms with E-state index < -0.39 is 0 Å². The summed E-state index contributed by atoms with van der Waals surface area (Å²) >= 11 is 0. The van der Waals surface area contributed by atoms with E-state index >= 15 is 0 Å². The van der Waals surface area contributed by atoms with Gasteiger partial charge in [0, 0.05) is 18.7 Å². The number of nitrogens with zero attached hydrogens (tertiary/aromatic N) is 1. The summed E-state index contributed by atoms with van der Waals surface area (Å²) in [6.07, 6.45) is 4.03. The first kappa shape index (κ1) is 16.9. The van der Waals surface area contributed by atoms with Crippen LogP contribution < -0.4 is 11.5 Å². The molecule has 106 valence electrons. The zero-order valence-corrected chi connectivity index (χ0v) is 11.8. The summed E-state index contributed by atoms with van der Waals surface area (Å²) in [6.45, 7) is 5.97. The standard InChI is InChI=1S/C12H23N3O.CH4O/c1-12(2,3)15-11(14)7-10(13)8-4-5-9(16)6-8;1-2/h7-9,16H,4-6,13H2,1-3H3,(H2,14,15);2H,1H3/b10-7-;. The molecule has 0 aromatic carbocycles. The molecular formula is C13H27N3O2. The molecule has 1 saturated carbocycles. The molecule has 1 aliphatic rings. The van der Waals surface area contributed by atoms with E-state index in [1.807, 2.05) is 20.8 Å². The highest BCUT2D eigenvalue weighted by molar-refractivity contribution is 5.92. The van der Waals surface area contributed by atoms with Gasteiger partial charge in [-0.25, -0.2) is 0 Å². The van der Waals surface area contributed by atoms with E-state index in [0.29, 0.717) is 5.84 Å². The summed E-state index contributed by atoms with van der Waals surface area (Å²) < 4.78 is 0. The van der Waals surface area contributed by atoms with Gasteiger partial charge in [-0.05, 0) is 46.1 Å². The number of aliphatic imine (C=N–C) groups is 1. The Kier molecular flexibility index (Phi) is 6.94. The Morgan fingerprint density at radius 1 is 1.22 bits per heavy atom. The quantitative estimate of drug-likeness (QED) is 0.433. The smallest absolute Gasteiger partial charge is 0.120 e. The maximum atomic E-state index is 9.42. The van der Waals surface area contributed by atoms with E-state index in [0.717, 1.165) is 32.1 Å². The number of hydrogen-bond acceptors (Lipinski definition) is 4. The highest BCUT2D eigenvalue weighted by Crippen LogP contribution is 2.29. The summed E-state index contributed by atoms with van der Waals surface area (Å²) in [5.74, 6) is 0.718. The van der Waals surface area contributed by atoms with Crippen molar-refractivity contribution in [2.45, 2.75) is 51.7 Å². The third-order valence-corrected chi connectivity index (χ3v) is 2.66. The molecule has 0 bridgehead atoms. The Hall–Kier alpha value is -1.07. The SMILES string of the molecule is CC(C)(C)N=C(N)/C=C(\N)C1CCC(O)C1.CO. The van der Waals surface area contributed by atoms with Gasteiger partial charge in [0.25, 0.3) is 0 Å². The Labute approximate surface area is 110 Å². The van der Waals surface area contributed by atoms with Crippen molar-refractivity contribution in [2.75, 3.05) is 7.11 Å². The van der Waals surface area contributed by atoms with E-state index in [9.17, 15) is 5.11 Å². The number of aliphatic hydroxyl groups is 2. The van der Waals surface area contributed by atoms with E-state index in [4.69, 9.17) is 16.6 Å². The minimum Gasteiger partial charge on any atom is -0.402 e. The number of rotatable bonds is 2. The number of nitrogens with two attached hydrogens (primary N) is 2. The zero-order valence-electron chi connectivity index (χ0n) is 11.8. The van der Waals surface area contributed by atoms with E-state index in [2.05, 4.69) is 4.99 Å². The molecule has 0 saturated heterocycles. The van der Waals surface area contributed by atoms with Gasteiger partial charge in [-0.15, -0.1) is 0 Å². The Bertz CT molecular complexity index is 306. The fourth-order valence-electron chi connectivity index (χ4n) is 1.97. The summed E-state index contributed by atoms with van der Waals surface area (Å²) in [5.41, 5.74) is 12.3. The number of allylic oxidation sites excluding steroid dienone is 1. The summed E-state index contributed by atoms with van der Waals surface area (Å²) in [4.78, 5) is 4.32. The average molecular weight is 257 g/mol. The van der Waals surface area contributed by atoms with Gasteiger partial charge in [-0.2, -0.15) is 0 Å². The minimum atomic E-state index is -0.210. The van der Waals surface area contributed by atoms with E-state index in [1.54, 1.807) is 6.08 Å². The first-order valence-corrected chi connectivity index (χ1v) is 6.23. The van der Waals surface area contributed by atoms with Crippen LogP contribution >= 0.6 is 0 Å². The number of aliphatic hydroxyl groups excluding tert-OH is 2. The van der Waals surface area contributed by atoms with Crippen LogP contribution in [0.15, 0.2) is 16.8 Å². The van der Waals surface area contributed by atoms with Crippen LogP contribution in [0.25, 0.3) is 0 Å². The first-order valence-electron chi connectivity index (χ1n) is 6.23.